The molecule has 1 amide bonds. The number of carbonyl (C=O) groups is 1. The molecule has 3 rings (SSSR count). The normalized spacial score (nSPS) is 10.8. The Balaban J connectivity index is 2.29. The number of fused-ring (bicyclic) bond motifs is 1. The molecule has 2 aromatic heterocycles. The number of para-hydroxylation sites is 1. The SMILES string of the molecule is NC(=O)c1cc(-n2cc(Cl)c(N)n2)nc2ccccc12. The van der Waals surface area contributed by atoms with Crippen molar-refractivity contribution in [2.24, 2.45) is 5.73 Å². The Labute approximate surface area is 119 Å². The van der Waals surface area contributed by atoms with Crippen LogP contribution in [0.3, 0.4) is 0 Å². The van der Waals surface area contributed by atoms with Crippen molar-refractivity contribution in [2.75, 3.05) is 5.73 Å². The smallest absolute Gasteiger partial charge is 0.249 e. The summed E-state index contributed by atoms with van der Waals surface area (Å²) in [6, 6.07) is 8.79. The largest absolute Gasteiger partial charge is 0.381 e. The highest BCUT2D eigenvalue weighted by molar-refractivity contribution is 6.32. The summed E-state index contributed by atoms with van der Waals surface area (Å²) in [6.07, 6.45) is 1.53. The molecule has 0 spiro atoms. The topological polar surface area (TPSA) is 99.8 Å². The van der Waals surface area contributed by atoms with Gasteiger partial charge in [0.15, 0.2) is 11.6 Å². The van der Waals surface area contributed by atoms with Gasteiger partial charge in [-0.25, -0.2) is 9.67 Å². The predicted molar refractivity (Wildman–Crippen MR) is 76.8 cm³/mol. The van der Waals surface area contributed by atoms with E-state index in [-0.39, 0.29) is 5.82 Å². The van der Waals surface area contributed by atoms with Crippen molar-refractivity contribution < 1.29 is 4.79 Å². The minimum Gasteiger partial charge on any atom is -0.381 e. The average molecular weight is 288 g/mol. The maximum atomic E-state index is 11.6. The first-order valence-corrected chi connectivity index (χ1v) is 6.14. The molecule has 0 fully saturated rings. The molecule has 20 heavy (non-hydrogen) atoms. The van der Waals surface area contributed by atoms with Gasteiger partial charge in [0.1, 0.15) is 5.02 Å². The molecule has 0 saturated carbocycles. The first kappa shape index (κ1) is 12.4. The Morgan fingerprint density at radius 1 is 1.30 bits per heavy atom. The molecule has 1 aromatic carbocycles. The maximum absolute atomic E-state index is 11.6. The van der Waals surface area contributed by atoms with Gasteiger partial charge in [-0.05, 0) is 12.1 Å². The van der Waals surface area contributed by atoms with E-state index in [9.17, 15) is 4.79 Å². The molecule has 100 valence electrons. The summed E-state index contributed by atoms with van der Waals surface area (Å²) in [5, 5.41) is 5.05. The van der Waals surface area contributed by atoms with Gasteiger partial charge in [-0.2, -0.15) is 0 Å². The van der Waals surface area contributed by atoms with Gasteiger partial charge >= 0.3 is 0 Å². The molecule has 0 unspecified atom stereocenters. The van der Waals surface area contributed by atoms with Gasteiger partial charge in [0.2, 0.25) is 5.91 Å². The van der Waals surface area contributed by atoms with E-state index in [4.69, 9.17) is 23.1 Å². The molecule has 0 aliphatic rings. The van der Waals surface area contributed by atoms with Crippen LogP contribution in [0.2, 0.25) is 5.02 Å². The van der Waals surface area contributed by atoms with Crippen LogP contribution in [0.4, 0.5) is 5.82 Å². The third kappa shape index (κ3) is 1.96. The minimum absolute atomic E-state index is 0.197. The van der Waals surface area contributed by atoms with E-state index >= 15 is 0 Å². The number of amides is 1. The van der Waals surface area contributed by atoms with Crippen LogP contribution in [0, 0.1) is 0 Å². The minimum atomic E-state index is -0.531. The number of carbonyl (C=O) groups excluding carboxylic acids is 1. The molecular weight excluding hydrogens is 278 g/mol. The number of pyridine rings is 1. The highest BCUT2D eigenvalue weighted by Gasteiger charge is 2.12. The van der Waals surface area contributed by atoms with E-state index in [1.807, 2.05) is 12.1 Å². The molecule has 7 heteroatoms. The van der Waals surface area contributed by atoms with E-state index in [1.54, 1.807) is 18.2 Å². The Kier molecular flexibility index (Phi) is 2.80. The van der Waals surface area contributed by atoms with Gasteiger partial charge in [0.25, 0.3) is 0 Å². The van der Waals surface area contributed by atoms with Crippen LogP contribution in [0.5, 0.6) is 0 Å². The Hall–Kier alpha value is -2.60. The number of primary amides is 1. The van der Waals surface area contributed by atoms with Gasteiger partial charge in [0, 0.05) is 5.39 Å². The fraction of sp³-hybridized carbons (Fsp3) is 0. The molecule has 0 atom stereocenters. The summed E-state index contributed by atoms with van der Waals surface area (Å²) in [5.74, 6) is 0.0921. The van der Waals surface area contributed by atoms with Crippen LogP contribution in [0.15, 0.2) is 36.5 Å². The number of rotatable bonds is 2. The van der Waals surface area contributed by atoms with E-state index in [1.165, 1.54) is 10.9 Å². The number of hydrogen-bond acceptors (Lipinski definition) is 4. The van der Waals surface area contributed by atoms with Gasteiger partial charge in [0.05, 0.1) is 17.3 Å². The molecule has 4 N–H and O–H groups in total. The van der Waals surface area contributed by atoms with Crippen molar-refractivity contribution in [3.05, 3.63) is 47.1 Å². The highest BCUT2D eigenvalue weighted by Crippen LogP contribution is 2.22. The number of benzene rings is 1. The van der Waals surface area contributed by atoms with Crippen LogP contribution in [-0.4, -0.2) is 20.7 Å². The second kappa shape index (κ2) is 4.50. The lowest BCUT2D eigenvalue weighted by Crippen LogP contribution is -2.13. The van der Waals surface area contributed by atoms with Crippen molar-refractivity contribution >= 4 is 34.2 Å². The van der Waals surface area contributed by atoms with Crippen molar-refractivity contribution in [1.82, 2.24) is 14.8 Å². The summed E-state index contributed by atoms with van der Waals surface area (Å²) in [4.78, 5) is 16.0. The van der Waals surface area contributed by atoms with Crippen LogP contribution in [0.1, 0.15) is 10.4 Å². The van der Waals surface area contributed by atoms with Gasteiger partial charge in [-0.1, -0.05) is 29.8 Å². The molecule has 3 aromatic rings. The number of aromatic nitrogens is 3. The fourth-order valence-electron chi connectivity index (χ4n) is 1.97. The number of halogens is 1. The first-order valence-electron chi connectivity index (χ1n) is 5.77. The molecule has 6 nitrogen and oxygen atoms in total. The lowest BCUT2D eigenvalue weighted by molar-refractivity contribution is 0.100. The number of nitrogens with two attached hydrogens (primary N) is 2. The number of anilines is 1. The van der Waals surface area contributed by atoms with E-state index < -0.39 is 5.91 Å². The number of nitrogens with zero attached hydrogens (tertiary/aromatic N) is 3. The summed E-state index contributed by atoms with van der Waals surface area (Å²) in [5.41, 5.74) is 12.0. The zero-order chi connectivity index (χ0) is 14.3. The monoisotopic (exact) mass is 287 g/mol. The van der Waals surface area contributed by atoms with E-state index in [2.05, 4.69) is 10.1 Å². The Morgan fingerprint density at radius 2 is 2.05 bits per heavy atom. The third-order valence-electron chi connectivity index (χ3n) is 2.90. The van der Waals surface area contributed by atoms with Crippen molar-refractivity contribution in [1.29, 1.82) is 0 Å². The van der Waals surface area contributed by atoms with Crippen LogP contribution < -0.4 is 11.5 Å². The summed E-state index contributed by atoms with van der Waals surface area (Å²) >= 11 is 5.87. The van der Waals surface area contributed by atoms with Gasteiger partial charge in [-0.15, -0.1) is 5.10 Å². The molecule has 0 bridgehead atoms. The van der Waals surface area contributed by atoms with E-state index in [0.29, 0.717) is 27.3 Å². The van der Waals surface area contributed by atoms with Crippen LogP contribution in [-0.2, 0) is 0 Å². The zero-order valence-corrected chi connectivity index (χ0v) is 11.0. The molecule has 0 aliphatic heterocycles. The Morgan fingerprint density at radius 3 is 2.70 bits per heavy atom. The van der Waals surface area contributed by atoms with Crippen molar-refractivity contribution in [3.63, 3.8) is 0 Å². The lowest BCUT2D eigenvalue weighted by Gasteiger charge is -2.06. The molecule has 0 radical (unpaired) electrons. The first-order chi connectivity index (χ1) is 9.56. The number of nitrogen functional groups attached to an aromatic ring is 1. The number of hydrogen-bond donors (Lipinski definition) is 2. The van der Waals surface area contributed by atoms with Crippen LogP contribution >= 0.6 is 11.6 Å². The molecular formula is C13H10ClN5O. The fourth-order valence-corrected chi connectivity index (χ4v) is 2.10. The summed E-state index contributed by atoms with van der Waals surface area (Å²) in [6.45, 7) is 0. The van der Waals surface area contributed by atoms with Crippen LogP contribution in [0.25, 0.3) is 16.7 Å². The quantitative estimate of drug-likeness (QED) is 0.750. The van der Waals surface area contributed by atoms with Gasteiger partial charge in [-0.3, -0.25) is 4.79 Å². The Bertz CT molecular complexity index is 807. The predicted octanol–water partition coefficient (Wildman–Crippen LogP) is 1.75. The summed E-state index contributed by atoms with van der Waals surface area (Å²) in [7, 11) is 0. The van der Waals surface area contributed by atoms with Crippen molar-refractivity contribution in [2.45, 2.75) is 0 Å². The molecule has 0 aliphatic carbocycles. The molecule has 0 saturated heterocycles. The molecule has 2 heterocycles. The third-order valence-corrected chi connectivity index (χ3v) is 3.19. The van der Waals surface area contributed by atoms with E-state index in [0.717, 1.165) is 0 Å². The highest BCUT2D eigenvalue weighted by atomic mass is 35.5. The second-order valence-corrected chi connectivity index (χ2v) is 4.62. The second-order valence-electron chi connectivity index (χ2n) is 4.22. The maximum Gasteiger partial charge on any atom is 0.249 e. The standard InChI is InChI=1S/C13H10ClN5O/c14-9-6-19(18-12(9)15)11-5-8(13(16)20)7-3-1-2-4-10(7)17-11/h1-6H,(H2,15,18)(H2,16,20). The van der Waals surface area contributed by atoms with Gasteiger partial charge < -0.3 is 11.5 Å². The lowest BCUT2D eigenvalue weighted by atomic mass is 10.1. The zero-order valence-electron chi connectivity index (χ0n) is 10.2. The average Bonchev–Trinajstić information content (AvgIpc) is 2.77. The summed E-state index contributed by atoms with van der Waals surface area (Å²) < 4.78 is 1.41. The van der Waals surface area contributed by atoms with Crippen molar-refractivity contribution in [3.8, 4) is 5.82 Å².